The molecule has 0 aromatic heterocycles. The molecule has 1 N–H and O–H groups in total. The van der Waals surface area contributed by atoms with E-state index in [0.29, 0.717) is 17.1 Å². The average molecular weight is 330 g/mol. The van der Waals surface area contributed by atoms with E-state index in [1.54, 1.807) is 24.3 Å². The van der Waals surface area contributed by atoms with Crippen LogP contribution in [0.3, 0.4) is 0 Å². The summed E-state index contributed by atoms with van der Waals surface area (Å²) in [6.45, 7) is 1.48. The van der Waals surface area contributed by atoms with Crippen molar-refractivity contribution in [1.82, 2.24) is 0 Å². The minimum Gasteiger partial charge on any atom is -0.507 e. The van der Waals surface area contributed by atoms with E-state index in [-0.39, 0.29) is 17.1 Å². The van der Waals surface area contributed by atoms with E-state index < -0.39 is 12.1 Å². The van der Waals surface area contributed by atoms with Crippen molar-refractivity contribution >= 4 is 11.8 Å². The van der Waals surface area contributed by atoms with E-state index >= 15 is 0 Å². The Balaban J connectivity index is 2.08. The van der Waals surface area contributed by atoms with Crippen molar-refractivity contribution in [1.29, 1.82) is 0 Å². The first-order valence-corrected chi connectivity index (χ1v) is 7.22. The number of carbonyl (C=O) groups is 2. The molecule has 0 heterocycles. The predicted octanol–water partition coefficient (Wildman–Crippen LogP) is 2.84. The summed E-state index contributed by atoms with van der Waals surface area (Å²) in [5.74, 6) is -0.377. The number of ketones is 1. The Hall–Kier alpha value is -3.02. The van der Waals surface area contributed by atoms with Crippen molar-refractivity contribution in [2.24, 2.45) is 0 Å². The number of ether oxygens (including phenoxy) is 3. The highest BCUT2D eigenvalue weighted by Crippen LogP contribution is 2.24. The standard InChI is InChI=1S/C18H18O6/c1-11(17(20)12-4-6-13(22-2)7-5-12)24-18(21)15-9-8-14(23-3)10-16(15)19/h4-11,19H,1-3H3/t11-/m0/s1. The van der Waals surface area contributed by atoms with Gasteiger partial charge >= 0.3 is 5.97 Å². The van der Waals surface area contributed by atoms with Crippen LogP contribution in [0.1, 0.15) is 27.6 Å². The van der Waals surface area contributed by atoms with Gasteiger partial charge in [0.25, 0.3) is 0 Å². The number of Topliss-reactive ketones (excluding diaryl/α,β-unsaturated/α-hetero) is 1. The summed E-state index contributed by atoms with van der Waals surface area (Å²) in [7, 11) is 2.98. The van der Waals surface area contributed by atoms with Crippen LogP contribution in [0.2, 0.25) is 0 Å². The molecule has 1 atom stereocenters. The maximum absolute atomic E-state index is 12.3. The smallest absolute Gasteiger partial charge is 0.342 e. The maximum Gasteiger partial charge on any atom is 0.342 e. The van der Waals surface area contributed by atoms with Crippen LogP contribution in [-0.2, 0) is 4.74 Å². The molecule has 0 bridgehead atoms. The van der Waals surface area contributed by atoms with Gasteiger partial charge < -0.3 is 19.3 Å². The summed E-state index contributed by atoms with van der Waals surface area (Å²) in [6.07, 6.45) is -0.993. The van der Waals surface area contributed by atoms with E-state index in [4.69, 9.17) is 14.2 Å². The van der Waals surface area contributed by atoms with Crippen molar-refractivity contribution < 1.29 is 28.9 Å². The predicted molar refractivity (Wildman–Crippen MR) is 86.9 cm³/mol. The van der Waals surface area contributed by atoms with Gasteiger partial charge in [0, 0.05) is 11.6 Å². The second-order valence-electron chi connectivity index (χ2n) is 5.02. The Morgan fingerprint density at radius 2 is 1.54 bits per heavy atom. The van der Waals surface area contributed by atoms with Crippen LogP contribution >= 0.6 is 0 Å². The molecule has 0 radical (unpaired) electrons. The quantitative estimate of drug-likeness (QED) is 0.648. The van der Waals surface area contributed by atoms with Gasteiger partial charge in [-0.15, -0.1) is 0 Å². The highest BCUT2D eigenvalue weighted by molar-refractivity contribution is 6.02. The molecule has 0 unspecified atom stereocenters. The van der Waals surface area contributed by atoms with Gasteiger partial charge in [-0.2, -0.15) is 0 Å². The average Bonchev–Trinajstić information content (AvgIpc) is 2.60. The largest absolute Gasteiger partial charge is 0.507 e. The minimum atomic E-state index is -0.993. The normalized spacial score (nSPS) is 11.5. The van der Waals surface area contributed by atoms with E-state index in [1.165, 1.54) is 39.3 Å². The zero-order valence-electron chi connectivity index (χ0n) is 13.6. The van der Waals surface area contributed by atoms with Crippen LogP contribution in [0.4, 0.5) is 0 Å². The first-order chi connectivity index (χ1) is 11.5. The summed E-state index contributed by atoms with van der Waals surface area (Å²) in [6, 6.07) is 10.7. The molecule has 0 saturated heterocycles. The summed E-state index contributed by atoms with van der Waals surface area (Å²) in [5, 5.41) is 9.84. The molecule has 2 rings (SSSR count). The number of aromatic hydroxyl groups is 1. The molecule has 0 fully saturated rings. The van der Waals surface area contributed by atoms with Crippen molar-refractivity contribution in [2.75, 3.05) is 14.2 Å². The molecule has 0 aliphatic rings. The Kier molecular flexibility index (Phi) is 5.42. The van der Waals surface area contributed by atoms with Gasteiger partial charge in [-0.1, -0.05) is 0 Å². The number of benzene rings is 2. The number of esters is 1. The fourth-order valence-electron chi connectivity index (χ4n) is 2.08. The van der Waals surface area contributed by atoms with Crippen molar-refractivity contribution in [3.63, 3.8) is 0 Å². The van der Waals surface area contributed by atoms with Crippen LogP contribution < -0.4 is 9.47 Å². The zero-order chi connectivity index (χ0) is 17.7. The Morgan fingerprint density at radius 1 is 0.958 bits per heavy atom. The van der Waals surface area contributed by atoms with E-state index in [1.807, 2.05) is 0 Å². The minimum absolute atomic E-state index is 0.0369. The molecule has 126 valence electrons. The third kappa shape index (κ3) is 3.84. The van der Waals surface area contributed by atoms with Gasteiger partial charge in [0.05, 0.1) is 14.2 Å². The van der Waals surface area contributed by atoms with E-state index in [0.717, 1.165) is 0 Å². The maximum atomic E-state index is 12.3. The fraction of sp³-hybridized carbons (Fsp3) is 0.222. The number of rotatable bonds is 6. The van der Waals surface area contributed by atoms with Gasteiger partial charge in [0.1, 0.15) is 22.8 Å². The summed E-state index contributed by atoms with van der Waals surface area (Å²) in [4.78, 5) is 24.4. The number of hydrogen-bond acceptors (Lipinski definition) is 6. The highest BCUT2D eigenvalue weighted by Gasteiger charge is 2.22. The van der Waals surface area contributed by atoms with Crippen molar-refractivity contribution in [2.45, 2.75) is 13.0 Å². The number of hydrogen-bond donors (Lipinski definition) is 1. The van der Waals surface area contributed by atoms with E-state index in [9.17, 15) is 14.7 Å². The second-order valence-corrected chi connectivity index (χ2v) is 5.02. The first kappa shape index (κ1) is 17.3. The van der Waals surface area contributed by atoms with Gasteiger partial charge in [-0.05, 0) is 43.3 Å². The molecule has 0 aliphatic carbocycles. The van der Waals surface area contributed by atoms with Crippen LogP contribution in [0.15, 0.2) is 42.5 Å². The van der Waals surface area contributed by atoms with Gasteiger partial charge in [-0.3, -0.25) is 4.79 Å². The SMILES string of the molecule is COc1ccc(C(=O)[C@H](C)OC(=O)c2ccc(OC)cc2O)cc1. The van der Waals surface area contributed by atoms with Crippen LogP contribution in [0.25, 0.3) is 0 Å². The van der Waals surface area contributed by atoms with Crippen LogP contribution in [0, 0.1) is 0 Å². The second kappa shape index (κ2) is 7.50. The zero-order valence-corrected chi connectivity index (χ0v) is 13.6. The number of methoxy groups -OCH3 is 2. The first-order valence-electron chi connectivity index (χ1n) is 7.22. The molecule has 0 saturated carbocycles. The molecule has 24 heavy (non-hydrogen) atoms. The number of phenolic OH excluding ortho intramolecular Hbond substituents is 1. The van der Waals surface area contributed by atoms with Crippen LogP contribution in [-0.4, -0.2) is 37.2 Å². The monoisotopic (exact) mass is 330 g/mol. The third-order valence-corrected chi connectivity index (χ3v) is 3.45. The van der Waals surface area contributed by atoms with Gasteiger partial charge in [0.15, 0.2) is 6.10 Å². The van der Waals surface area contributed by atoms with Crippen molar-refractivity contribution in [3.05, 3.63) is 53.6 Å². The fourth-order valence-corrected chi connectivity index (χ4v) is 2.08. The van der Waals surface area contributed by atoms with Gasteiger partial charge in [-0.25, -0.2) is 4.79 Å². The van der Waals surface area contributed by atoms with Crippen molar-refractivity contribution in [3.8, 4) is 17.2 Å². The molecule has 0 amide bonds. The highest BCUT2D eigenvalue weighted by atomic mass is 16.5. The Labute approximate surface area is 139 Å². The third-order valence-electron chi connectivity index (χ3n) is 3.45. The molecule has 0 spiro atoms. The molecular weight excluding hydrogens is 312 g/mol. The summed E-state index contributed by atoms with van der Waals surface area (Å²) < 4.78 is 15.1. The lowest BCUT2D eigenvalue weighted by Gasteiger charge is -2.13. The number of phenols is 1. The Bertz CT molecular complexity index is 736. The number of carbonyl (C=O) groups excluding carboxylic acids is 2. The lowest BCUT2D eigenvalue weighted by Crippen LogP contribution is -2.24. The van der Waals surface area contributed by atoms with Gasteiger partial charge in [0.2, 0.25) is 5.78 Å². The molecule has 6 heteroatoms. The van der Waals surface area contributed by atoms with Crippen LogP contribution in [0.5, 0.6) is 17.2 Å². The topological polar surface area (TPSA) is 82.1 Å². The molecule has 6 nitrogen and oxygen atoms in total. The molecule has 2 aromatic rings. The molecule has 0 aliphatic heterocycles. The molecule has 2 aromatic carbocycles. The lowest BCUT2D eigenvalue weighted by molar-refractivity contribution is 0.0316. The summed E-state index contributed by atoms with van der Waals surface area (Å²) >= 11 is 0. The lowest BCUT2D eigenvalue weighted by atomic mass is 10.1. The van der Waals surface area contributed by atoms with E-state index in [2.05, 4.69) is 0 Å². The Morgan fingerprint density at radius 3 is 2.08 bits per heavy atom. The molecular formula is C18H18O6. The summed E-state index contributed by atoms with van der Waals surface area (Å²) in [5.41, 5.74) is 0.361.